The molecule has 0 saturated heterocycles. The summed E-state index contributed by atoms with van der Waals surface area (Å²) < 4.78 is 28.6. The molecule has 0 radical (unpaired) electrons. The first kappa shape index (κ1) is 12.3. The molecule has 0 aliphatic carbocycles. The molecule has 4 aromatic rings. The van der Waals surface area contributed by atoms with Crippen molar-refractivity contribution in [3.8, 4) is 0 Å². The van der Waals surface area contributed by atoms with Gasteiger partial charge in [0.25, 0.3) is 10.9 Å². The molecule has 8 nitrogen and oxygen atoms in total. The Bertz CT molecular complexity index is 1100. The lowest BCUT2D eigenvalue weighted by Gasteiger charge is -1.98. The standard InChI is InChI=1S/C12H12N6O2S/c1-3-16-8-6-4-5-7-9(8)17-10-13-14-12(21(2,19)20)18(10)15-11(16)17/h4-7H,3H2,1-2H3. The molecule has 0 bridgehead atoms. The highest BCUT2D eigenvalue weighted by Crippen LogP contribution is 2.23. The van der Waals surface area contributed by atoms with Crippen LogP contribution in [0.25, 0.3) is 22.6 Å². The Labute approximate surface area is 119 Å². The maximum Gasteiger partial charge on any atom is 0.271 e. The summed E-state index contributed by atoms with van der Waals surface area (Å²) in [6.07, 6.45) is 1.10. The van der Waals surface area contributed by atoms with Gasteiger partial charge in [0.2, 0.25) is 15.6 Å². The number of fused-ring (bicyclic) bond motifs is 5. The maximum absolute atomic E-state index is 11.7. The number of nitrogens with zero attached hydrogens (tertiary/aromatic N) is 6. The molecule has 0 spiro atoms. The minimum Gasteiger partial charge on any atom is -0.309 e. The highest BCUT2D eigenvalue weighted by atomic mass is 32.2. The Balaban J connectivity index is 2.27. The molecule has 0 unspecified atom stereocenters. The molecule has 0 saturated carbocycles. The van der Waals surface area contributed by atoms with Gasteiger partial charge in [-0.25, -0.2) is 12.8 Å². The quantitative estimate of drug-likeness (QED) is 0.545. The molecule has 0 amide bonds. The van der Waals surface area contributed by atoms with E-state index in [1.165, 1.54) is 4.52 Å². The summed E-state index contributed by atoms with van der Waals surface area (Å²) in [5, 5.41) is 12.0. The third kappa shape index (κ3) is 1.49. The fourth-order valence-electron chi connectivity index (χ4n) is 2.63. The highest BCUT2D eigenvalue weighted by Gasteiger charge is 2.23. The summed E-state index contributed by atoms with van der Waals surface area (Å²) >= 11 is 0. The van der Waals surface area contributed by atoms with Crippen molar-refractivity contribution in [2.45, 2.75) is 18.6 Å². The molecule has 0 atom stereocenters. The van der Waals surface area contributed by atoms with Crippen LogP contribution in [-0.2, 0) is 16.4 Å². The summed E-state index contributed by atoms with van der Waals surface area (Å²) in [5.74, 6) is 1.04. The molecule has 21 heavy (non-hydrogen) atoms. The van der Waals surface area contributed by atoms with Crippen molar-refractivity contribution in [2.24, 2.45) is 0 Å². The van der Waals surface area contributed by atoms with E-state index in [0.29, 0.717) is 11.6 Å². The molecule has 9 heteroatoms. The Kier molecular flexibility index (Phi) is 2.24. The molecule has 1 aromatic carbocycles. The van der Waals surface area contributed by atoms with E-state index in [-0.39, 0.29) is 5.16 Å². The first-order valence-corrected chi connectivity index (χ1v) is 8.32. The van der Waals surface area contributed by atoms with Gasteiger partial charge in [0.05, 0.1) is 11.0 Å². The predicted octanol–water partition coefficient (Wildman–Crippen LogP) is 0.755. The molecule has 108 valence electrons. The molecule has 0 fully saturated rings. The molecular formula is C12H12N6O2S. The van der Waals surface area contributed by atoms with Crippen LogP contribution in [0.4, 0.5) is 0 Å². The van der Waals surface area contributed by atoms with E-state index < -0.39 is 9.84 Å². The zero-order valence-electron chi connectivity index (χ0n) is 11.4. The monoisotopic (exact) mass is 304 g/mol. The summed E-state index contributed by atoms with van der Waals surface area (Å²) in [7, 11) is -3.48. The summed E-state index contributed by atoms with van der Waals surface area (Å²) in [6, 6.07) is 7.83. The molecule has 3 aromatic heterocycles. The lowest BCUT2D eigenvalue weighted by molar-refractivity contribution is 0.587. The molecular weight excluding hydrogens is 292 g/mol. The van der Waals surface area contributed by atoms with Crippen molar-refractivity contribution in [2.75, 3.05) is 6.26 Å². The maximum atomic E-state index is 11.7. The Morgan fingerprint density at radius 2 is 1.81 bits per heavy atom. The molecule has 4 rings (SSSR count). The number of aryl methyl sites for hydroxylation is 1. The lowest BCUT2D eigenvalue weighted by Crippen LogP contribution is -2.05. The van der Waals surface area contributed by atoms with Crippen LogP contribution in [0, 0.1) is 0 Å². The number of sulfone groups is 1. The van der Waals surface area contributed by atoms with Crippen molar-refractivity contribution in [1.29, 1.82) is 0 Å². The van der Waals surface area contributed by atoms with Crippen LogP contribution in [0.3, 0.4) is 0 Å². The topological polar surface area (TPSA) is 86.6 Å². The van der Waals surface area contributed by atoms with Crippen LogP contribution in [0.2, 0.25) is 0 Å². The third-order valence-electron chi connectivity index (χ3n) is 3.49. The lowest BCUT2D eigenvalue weighted by atomic mass is 10.3. The van der Waals surface area contributed by atoms with Crippen LogP contribution in [0.1, 0.15) is 6.92 Å². The van der Waals surface area contributed by atoms with E-state index in [1.807, 2.05) is 40.2 Å². The fraction of sp³-hybridized carbons (Fsp3) is 0.250. The normalized spacial score (nSPS) is 12.9. The fourth-order valence-corrected chi connectivity index (χ4v) is 3.26. The largest absolute Gasteiger partial charge is 0.309 e. The van der Waals surface area contributed by atoms with Gasteiger partial charge in [0.15, 0.2) is 0 Å². The minimum absolute atomic E-state index is 0.145. The summed E-state index contributed by atoms with van der Waals surface area (Å²) in [6.45, 7) is 2.73. The van der Waals surface area contributed by atoms with Crippen LogP contribution in [0.5, 0.6) is 0 Å². The number of benzene rings is 1. The SMILES string of the molecule is CCn1c2ccccc2n2c1nn1c(S(C)(=O)=O)nnc12. The van der Waals surface area contributed by atoms with E-state index in [0.717, 1.165) is 23.8 Å². The Hall–Kier alpha value is -2.42. The number of aromatic nitrogens is 6. The second-order valence-corrected chi connectivity index (χ2v) is 6.74. The van der Waals surface area contributed by atoms with Crippen molar-refractivity contribution >= 4 is 32.4 Å². The predicted molar refractivity (Wildman–Crippen MR) is 76.0 cm³/mol. The molecule has 0 N–H and O–H groups in total. The summed E-state index contributed by atoms with van der Waals surface area (Å²) in [4.78, 5) is 0. The van der Waals surface area contributed by atoms with Crippen LogP contribution in [-0.4, -0.2) is 43.5 Å². The van der Waals surface area contributed by atoms with Gasteiger partial charge in [-0.05, 0) is 19.1 Å². The van der Waals surface area contributed by atoms with Crippen LogP contribution < -0.4 is 0 Å². The van der Waals surface area contributed by atoms with Gasteiger partial charge < -0.3 is 4.57 Å². The second kappa shape index (κ2) is 3.82. The first-order chi connectivity index (χ1) is 10.0. The molecule has 0 aliphatic rings. The van der Waals surface area contributed by atoms with Crippen molar-refractivity contribution < 1.29 is 8.42 Å². The average Bonchev–Trinajstić information content (AvgIpc) is 3.04. The van der Waals surface area contributed by atoms with Crippen LogP contribution >= 0.6 is 0 Å². The van der Waals surface area contributed by atoms with E-state index in [2.05, 4.69) is 15.3 Å². The van der Waals surface area contributed by atoms with Gasteiger partial charge in [0, 0.05) is 12.8 Å². The number of rotatable bonds is 2. The minimum atomic E-state index is -3.48. The first-order valence-electron chi connectivity index (χ1n) is 6.43. The number of imidazole rings is 1. The second-order valence-electron chi connectivity index (χ2n) is 4.83. The molecule has 3 heterocycles. The van der Waals surface area contributed by atoms with E-state index in [1.54, 1.807) is 0 Å². The number of para-hydroxylation sites is 2. The smallest absolute Gasteiger partial charge is 0.271 e. The Morgan fingerprint density at radius 1 is 1.10 bits per heavy atom. The van der Waals surface area contributed by atoms with E-state index in [4.69, 9.17) is 0 Å². The van der Waals surface area contributed by atoms with E-state index >= 15 is 0 Å². The van der Waals surface area contributed by atoms with Gasteiger partial charge >= 0.3 is 0 Å². The van der Waals surface area contributed by atoms with Gasteiger partial charge in [-0.15, -0.1) is 15.3 Å². The van der Waals surface area contributed by atoms with Gasteiger partial charge in [-0.1, -0.05) is 12.1 Å². The van der Waals surface area contributed by atoms with Gasteiger partial charge in [-0.3, -0.25) is 0 Å². The number of hydrogen-bond donors (Lipinski definition) is 0. The number of hydrogen-bond acceptors (Lipinski definition) is 5. The zero-order chi connectivity index (χ0) is 14.8. The summed E-state index contributed by atoms with van der Waals surface area (Å²) in [5.41, 5.74) is 1.94. The molecule has 0 aliphatic heterocycles. The Morgan fingerprint density at radius 3 is 2.48 bits per heavy atom. The zero-order valence-corrected chi connectivity index (χ0v) is 12.2. The van der Waals surface area contributed by atoms with Gasteiger partial charge in [0.1, 0.15) is 0 Å². The van der Waals surface area contributed by atoms with Crippen molar-refractivity contribution in [3.05, 3.63) is 24.3 Å². The van der Waals surface area contributed by atoms with E-state index in [9.17, 15) is 8.42 Å². The van der Waals surface area contributed by atoms with Crippen molar-refractivity contribution in [3.63, 3.8) is 0 Å². The van der Waals surface area contributed by atoms with Gasteiger partial charge in [-0.2, -0.15) is 4.52 Å². The average molecular weight is 304 g/mol. The van der Waals surface area contributed by atoms with Crippen LogP contribution in [0.15, 0.2) is 29.4 Å². The third-order valence-corrected chi connectivity index (χ3v) is 4.41. The highest BCUT2D eigenvalue weighted by molar-refractivity contribution is 7.90. The van der Waals surface area contributed by atoms with Crippen molar-refractivity contribution in [1.82, 2.24) is 28.8 Å².